The van der Waals surface area contributed by atoms with E-state index in [0.717, 1.165) is 12.8 Å². The highest BCUT2D eigenvalue weighted by Crippen LogP contribution is 2.07. The first-order valence-corrected chi connectivity index (χ1v) is 9.11. The minimum Gasteiger partial charge on any atom is -0.465 e. The first kappa shape index (κ1) is 30.2. The predicted molar refractivity (Wildman–Crippen MR) is 110 cm³/mol. The van der Waals surface area contributed by atoms with E-state index in [2.05, 4.69) is 38.3 Å². The van der Waals surface area contributed by atoms with Crippen LogP contribution in [0.5, 0.6) is 0 Å². The number of ether oxygens (including phenoxy) is 2. The first-order chi connectivity index (χ1) is 11.3. The van der Waals surface area contributed by atoms with Crippen molar-refractivity contribution in [2.24, 2.45) is 11.8 Å². The molecule has 0 aromatic carbocycles. The zero-order valence-corrected chi connectivity index (χ0v) is 18.6. The van der Waals surface area contributed by atoms with Gasteiger partial charge in [0.1, 0.15) is 12.1 Å². The Morgan fingerprint density at radius 2 is 1.04 bits per heavy atom. The lowest BCUT2D eigenvalue weighted by Crippen LogP contribution is -2.46. The molecule has 6 nitrogen and oxygen atoms in total. The van der Waals surface area contributed by atoms with Crippen molar-refractivity contribution in [3.63, 3.8) is 0 Å². The van der Waals surface area contributed by atoms with Gasteiger partial charge in [-0.2, -0.15) is 0 Å². The maximum atomic E-state index is 12.0. The molecule has 0 amide bonds. The molecule has 158 valence electrons. The summed E-state index contributed by atoms with van der Waals surface area (Å²) in [4.78, 5) is 23.9. The van der Waals surface area contributed by atoms with Crippen LogP contribution < -0.4 is 10.6 Å². The van der Waals surface area contributed by atoms with Crippen molar-refractivity contribution in [2.45, 2.75) is 66.5 Å². The minimum absolute atomic E-state index is 0. The molecule has 0 aliphatic carbocycles. The van der Waals surface area contributed by atoms with Crippen molar-refractivity contribution in [2.75, 3.05) is 26.3 Å². The van der Waals surface area contributed by atoms with Gasteiger partial charge in [-0.15, -0.1) is 24.8 Å². The fourth-order valence-electron chi connectivity index (χ4n) is 2.45. The third-order valence-corrected chi connectivity index (χ3v) is 3.46. The van der Waals surface area contributed by atoms with Gasteiger partial charge >= 0.3 is 11.9 Å². The maximum absolute atomic E-state index is 12.0. The average Bonchev–Trinajstić information content (AvgIpc) is 2.48. The lowest BCUT2D eigenvalue weighted by atomic mass is 10.0. The average molecular weight is 417 g/mol. The fourth-order valence-corrected chi connectivity index (χ4v) is 2.45. The molecule has 0 saturated heterocycles. The van der Waals surface area contributed by atoms with Crippen LogP contribution in [-0.2, 0) is 19.1 Å². The molecule has 0 aliphatic rings. The minimum atomic E-state index is -0.308. The van der Waals surface area contributed by atoms with E-state index in [1.807, 2.05) is 13.8 Å². The maximum Gasteiger partial charge on any atom is 0.323 e. The van der Waals surface area contributed by atoms with Gasteiger partial charge in [0.25, 0.3) is 0 Å². The van der Waals surface area contributed by atoms with Crippen molar-refractivity contribution >= 4 is 36.8 Å². The van der Waals surface area contributed by atoms with Gasteiger partial charge in [-0.25, -0.2) is 0 Å². The molecular formula is C18H38Cl2N2O4. The SMILES string of the molecule is CCOC(=O)[C@H](CC(C)C)NCCN[C@@H](CC(C)C)C(=O)OCC.Cl.Cl. The van der Waals surface area contributed by atoms with Gasteiger partial charge in [0.15, 0.2) is 0 Å². The molecule has 0 rings (SSSR count). The Hall–Kier alpha value is -0.560. The van der Waals surface area contributed by atoms with Crippen LogP contribution in [0, 0.1) is 11.8 Å². The molecule has 26 heavy (non-hydrogen) atoms. The molecular weight excluding hydrogens is 379 g/mol. The second kappa shape index (κ2) is 17.8. The van der Waals surface area contributed by atoms with Crippen LogP contribution in [0.2, 0.25) is 0 Å². The summed E-state index contributed by atoms with van der Waals surface area (Å²) in [5, 5.41) is 6.45. The third-order valence-electron chi connectivity index (χ3n) is 3.46. The lowest BCUT2D eigenvalue weighted by Gasteiger charge is -2.21. The van der Waals surface area contributed by atoms with E-state index < -0.39 is 0 Å². The van der Waals surface area contributed by atoms with Crippen LogP contribution >= 0.6 is 24.8 Å². The lowest BCUT2D eigenvalue weighted by molar-refractivity contribution is -0.147. The molecule has 0 bridgehead atoms. The molecule has 0 heterocycles. The number of hydrogen-bond acceptors (Lipinski definition) is 6. The topological polar surface area (TPSA) is 76.7 Å². The van der Waals surface area contributed by atoms with Gasteiger partial charge in [-0.05, 0) is 38.5 Å². The van der Waals surface area contributed by atoms with Gasteiger partial charge in [0.2, 0.25) is 0 Å². The van der Waals surface area contributed by atoms with Gasteiger partial charge in [-0.1, -0.05) is 27.7 Å². The Labute approximate surface area is 171 Å². The van der Waals surface area contributed by atoms with Gasteiger partial charge in [0, 0.05) is 13.1 Å². The molecule has 2 N–H and O–H groups in total. The summed E-state index contributed by atoms with van der Waals surface area (Å²) in [6.07, 6.45) is 1.46. The van der Waals surface area contributed by atoms with E-state index in [-0.39, 0.29) is 48.8 Å². The fraction of sp³-hybridized carbons (Fsp3) is 0.889. The number of esters is 2. The van der Waals surface area contributed by atoms with Crippen molar-refractivity contribution in [3.8, 4) is 0 Å². The van der Waals surface area contributed by atoms with Crippen molar-refractivity contribution in [1.29, 1.82) is 0 Å². The molecule has 0 aromatic heterocycles. The summed E-state index contributed by atoms with van der Waals surface area (Å²) < 4.78 is 10.2. The first-order valence-electron chi connectivity index (χ1n) is 9.11. The number of nitrogens with one attached hydrogen (secondary N) is 2. The normalized spacial score (nSPS) is 12.8. The van der Waals surface area contributed by atoms with Crippen LogP contribution in [0.4, 0.5) is 0 Å². The smallest absolute Gasteiger partial charge is 0.323 e. The second-order valence-electron chi connectivity index (χ2n) is 6.78. The van der Waals surface area contributed by atoms with Crippen LogP contribution in [-0.4, -0.2) is 50.3 Å². The molecule has 0 unspecified atom stereocenters. The predicted octanol–water partition coefficient (Wildman–Crippen LogP) is 2.96. The van der Waals surface area contributed by atoms with Crippen molar-refractivity contribution in [1.82, 2.24) is 10.6 Å². The number of halogens is 2. The van der Waals surface area contributed by atoms with Crippen LogP contribution in [0.1, 0.15) is 54.4 Å². The summed E-state index contributed by atoms with van der Waals surface area (Å²) >= 11 is 0. The van der Waals surface area contributed by atoms with E-state index in [4.69, 9.17) is 9.47 Å². The van der Waals surface area contributed by atoms with E-state index in [9.17, 15) is 9.59 Å². The van der Waals surface area contributed by atoms with E-state index in [1.54, 1.807) is 0 Å². The van der Waals surface area contributed by atoms with Gasteiger partial charge in [-0.3, -0.25) is 9.59 Å². The highest BCUT2D eigenvalue weighted by Gasteiger charge is 2.22. The molecule has 0 aliphatic heterocycles. The highest BCUT2D eigenvalue weighted by molar-refractivity contribution is 5.85. The summed E-state index contributed by atoms with van der Waals surface area (Å²) in [6, 6.07) is -0.615. The molecule has 2 atom stereocenters. The second-order valence-corrected chi connectivity index (χ2v) is 6.78. The van der Waals surface area contributed by atoms with Crippen LogP contribution in [0.3, 0.4) is 0 Å². The quantitative estimate of drug-likeness (QED) is 0.355. The van der Waals surface area contributed by atoms with Gasteiger partial charge in [0.05, 0.1) is 13.2 Å². The van der Waals surface area contributed by atoms with Crippen LogP contribution in [0.25, 0.3) is 0 Å². The Balaban J connectivity index is -0.00000264. The number of carbonyl (C=O) groups is 2. The molecule has 0 saturated carbocycles. The van der Waals surface area contributed by atoms with Gasteiger partial charge < -0.3 is 20.1 Å². The Kier molecular flexibility index (Phi) is 20.7. The Morgan fingerprint density at radius 1 is 0.731 bits per heavy atom. The molecule has 0 spiro atoms. The monoisotopic (exact) mass is 416 g/mol. The van der Waals surface area contributed by atoms with Crippen LogP contribution in [0.15, 0.2) is 0 Å². The molecule has 0 aromatic rings. The summed E-state index contributed by atoms with van der Waals surface area (Å²) in [7, 11) is 0. The number of rotatable bonds is 13. The highest BCUT2D eigenvalue weighted by atomic mass is 35.5. The molecule has 8 heteroatoms. The Morgan fingerprint density at radius 3 is 1.27 bits per heavy atom. The third kappa shape index (κ3) is 14.6. The Bertz CT molecular complexity index is 335. The van der Waals surface area contributed by atoms with E-state index in [0.29, 0.717) is 38.1 Å². The van der Waals surface area contributed by atoms with Crippen molar-refractivity contribution < 1.29 is 19.1 Å². The zero-order chi connectivity index (χ0) is 18.5. The van der Waals surface area contributed by atoms with Crippen molar-refractivity contribution in [3.05, 3.63) is 0 Å². The summed E-state index contributed by atoms with van der Waals surface area (Å²) in [5.41, 5.74) is 0. The zero-order valence-electron chi connectivity index (χ0n) is 17.0. The van der Waals surface area contributed by atoms with E-state index in [1.165, 1.54) is 0 Å². The standard InChI is InChI=1S/C18H36N2O4.2ClH/c1-7-23-17(21)15(11-13(3)4)19-9-10-20-16(12-14(5)6)18(22)24-8-2;;/h13-16,19-20H,7-12H2,1-6H3;2*1H/t15-,16-;;/m0../s1. The molecule has 0 fully saturated rings. The largest absolute Gasteiger partial charge is 0.465 e. The number of carbonyl (C=O) groups excluding carboxylic acids is 2. The number of hydrogen-bond donors (Lipinski definition) is 2. The summed E-state index contributed by atoms with van der Waals surface area (Å²) in [5.74, 6) is 0.367. The molecule has 0 radical (unpaired) electrons. The summed E-state index contributed by atoms with van der Waals surface area (Å²) in [6.45, 7) is 13.9. The van der Waals surface area contributed by atoms with E-state index >= 15 is 0 Å².